The van der Waals surface area contributed by atoms with Gasteiger partial charge in [0.15, 0.2) is 0 Å². The van der Waals surface area contributed by atoms with Gasteiger partial charge in [0.25, 0.3) is 0 Å². The molecule has 0 saturated carbocycles. The molecule has 2 aromatic carbocycles. The van der Waals surface area contributed by atoms with Gasteiger partial charge in [0.05, 0.1) is 18.2 Å². The zero-order valence-corrected chi connectivity index (χ0v) is 15.2. The maximum Gasteiger partial charge on any atom is 0.416 e. The number of likely N-dealkylation sites (N-methyl/N-ethyl adjacent to an activating group) is 1. The van der Waals surface area contributed by atoms with E-state index in [-0.39, 0.29) is 18.5 Å². The van der Waals surface area contributed by atoms with Crippen molar-refractivity contribution in [1.82, 2.24) is 10.2 Å². The van der Waals surface area contributed by atoms with E-state index in [2.05, 4.69) is 5.32 Å². The lowest BCUT2D eigenvalue weighted by atomic mass is 10.1. The zero-order valence-electron chi connectivity index (χ0n) is 14.5. The molecule has 2 rings (SSSR count). The van der Waals surface area contributed by atoms with Crippen LogP contribution in [-0.2, 0) is 17.5 Å². The minimum Gasteiger partial charge on any atom is -0.348 e. The summed E-state index contributed by atoms with van der Waals surface area (Å²) in [5, 5.41) is 3.45. The molecule has 1 amide bonds. The van der Waals surface area contributed by atoms with Gasteiger partial charge >= 0.3 is 6.18 Å². The summed E-state index contributed by atoms with van der Waals surface area (Å²) in [5.41, 5.74) is 0.843. The second kappa shape index (κ2) is 8.56. The minimum absolute atomic E-state index is 0.121. The van der Waals surface area contributed by atoms with Crippen molar-refractivity contribution in [3.63, 3.8) is 0 Å². The molecule has 1 N–H and O–H groups in total. The normalized spacial score (nSPS) is 12.9. The monoisotopic (exact) mass is 384 g/mol. The van der Waals surface area contributed by atoms with E-state index in [4.69, 9.17) is 11.6 Å². The molecule has 0 bridgehead atoms. The van der Waals surface area contributed by atoms with Crippen LogP contribution in [0.4, 0.5) is 13.2 Å². The number of nitrogens with one attached hydrogen (secondary N) is 1. The smallest absolute Gasteiger partial charge is 0.348 e. The predicted molar refractivity (Wildman–Crippen MR) is 95.8 cm³/mol. The van der Waals surface area contributed by atoms with E-state index < -0.39 is 11.7 Å². The predicted octanol–water partition coefficient (Wildman–Crippen LogP) is 4.67. The van der Waals surface area contributed by atoms with Crippen molar-refractivity contribution in [2.45, 2.75) is 25.7 Å². The van der Waals surface area contributed by atoms with Crippen molar-refractivity contribution in [2.24, 2.45) is 0 Å². The SMILES string of the molecule is CC(NC(=O)CN(C)Cc1ccc(C(F)(F)F)cc1)c1ccccc1Cl. The van der Waals surface area contributed by atoms with Crippen molar-refractivity contribution in [1.29, 1.82) is 0 Å². The molecule has 0 spiro atoms. The number of hydrogen-bond acceptors (Lipinski definition) is 2. The molecule has 0 aliphatic heterocycles. The summed E-state index contributed by atoms with van der Waals surface area (Å²) in [5.74, 6) is -0.188. The summed E-state index contributed by atoms with van der Waals surface area (Å²) < 4.78 is 37.7. The Labute approximate surface area is 155 Å². The Morgan fingerprint density at radius 2 is 1.77 bits per heavy atom. The van der Waals surface area contributed by atoms with E-state index in [1.165, 1.54) is 12.1 Å². The molecule has 7 heteroatoms. The van der Waals surface area contributed by atoms with Crippen LogP contribution < -0.4 is 5.32 Å². The van der Waals surface area contributed by atoms with E-state index in [0.29, 0.717) is 17.1 Å². The van der Waals surface area contributed by atoms with Gasteiger partial charge in [-0.1, -0.05) is 41.9 Å². The lowest BCUT2D eigenvalue weighted by Gasteiger charge is -2.20. The van der Waals surface area contributed by atoms with Crippen molar-refractivity contribution >= 4 is 17.5 Å². The molecule has 1 unspecified atom stereocenters. The van der Waals surface area contributed by atoms with Crippen molar-refractivity contribution in [2.75, 3.05) is 13.6 Å². The highest BCUT2D eigenvalue weighted by atomic mass is 35.5. The summed E-state index contributed by atoms with van der Waals surface area (Å²) in [6.45, 7) is 2.33. The number of nitrogens with zero attached hydrogens (tertiary/aromatic N) is 1. The lowest BCUT2D eigenvalue weighted by molar-refractivity contribution is -0.137. The summed E-state index contributed by atoms with van der Waals surface area (Å²) in [7, 11) is 1.73. The van der Waals surface area contributed by atoms with Crippen LogP contribution in [0.15, 0.2) is 48.5 Å². The van der Waals surface area contributed by atoms with E-state index >= 15 is 0 Å². The van der Waals surface area contributed by atoms with Gasteiger partial charge in [-0.15, -0.1) is 0 Å². The first-order valence-corrected chi connectivity index (χ1v) is 8.43. The second-order valence-corrected chi connectivity index (χ2v) is 6.58. The standard InChI is InChI=1S/C19H20ClF3N2O/c1-13(16-5-3-4-6-17(16)20)24-18(26)12-25(2)11-14-7-9-15(10-8-14)19(21,22)23/h3-10,13H,11-12H2,1-2H3,(H,24,26). The molecular formula is C19H20ClF3N2O. The fourth-order valence-corrected chi connectivity index (χ4v) is 2.90. The average molecular weight is 385 g/mol. The highest BCUT2D eigenvalue weighted by Crippen LogP contribution is 2.29. The van der Waals surface area contributed by atoms with Gasteiger partial charge in [0, 0.05) is 11.6 Å². The van der Waals surface area contributed by atoms with Gasteiger partial charge in [0.1, 0.15) is 0 Å². The number of rotatable bonds is 6. The van der Waals surface area contributed by atoms with E-state index in [1.54, 1.807) is 18.0 Å². The van der Waals surface area contributed by atoms with Crippen molar-refractivity contribution in [3.8, 4) is 0 Å². The molecule has 2 aromatic rings. The van der Waals surface area contributed by atoms with Crippen LogP contribution in [-0.4, -0.2) is 24.4 Å². The summed E-state index contributed by atoms with van der Waals surface area (Å²) >= 11 is 6.12. The number of carbonyl (C=O) groups is 1. The Balaban J connectivity index is 1.88. The van der Waals surface area contributed by atoms with Crippen LogP contribution in [0.3, 0.4) is 0 Å². The third-order valence-corrected chi connectivity index (χ3v) is 4.24. The van der Waals surface area contributed by atoms with Gasteiger partial charge in [-0.25, -0.2) is 0 Å². The van der Waals surface area contributed by atoms with Crippen LogP contribution in [0, 0.1) is 0 Å². The molecule has 0 radical (unpaired) electrons. The quantitative estimate of drug-likeness (QED) is 0.785. The molecule has 0 aliphatic carbocycles. The Hall–Kier alpha value is -2.05. The number of benzene rings is 2. The van der Waals surface area contributed by atoms with Crippen molar-refractivity contribution in [3.05, 3.63) is 70.2 Å². The molecule has 0 heterocycles. The molecule has 1 atom stereocenters. The van der Waals surface area contributed by atoms with E-state index in [1.807, 2.05) is 25.1 Å². The van der Waals surface area contributed by atoms with Gasteiger partial charge in [-0.05, 0) is 43.3 Å². The van der Waals surface area contributed by atoms with Gasteiger partial charge in [-0.2, -0.15) is 13.2 Å². The average Bonchev–Trinajstić information content (AvgIpc) is 2.54. The van der Waals surface area contributed by atoms with Gasteiger partial charge in [0.2, 0.25) is 5.91 Å². The first-order chi connectivity index (χ1) is 12.2. The number of amides is 1. The fraction of sp³-hybridized carbons (Fsp3) is 0.316. The maximum atomic E-state index is 12.6. The first kappa shape index (κ1) is 20.3. The van der Waals surface area contributed by atoms with Crippen molar-refractivity contribution < 1.29 is 18.0 Å². The maximum absolute atomic E-state index is 12.6. The van der Waals surface area contributed by atoms with Crippen LogP contribution in [0.5, 0.6) is 0 Å². The summed E-state index contributed by atoms with van der Waals surface area (Å²) in [6, 6.07) is 12.0. The van der Waals surface area contributed by atoms with E-state index in [9.17, 15) is 18.0 Å². The third kappa shape index (κ3) is 5.75. The molecule has 140 valence electrons. The Morgan fingerprint density at radius 3 is 2.35 bits per heavy atom. The zero-order chi connectivity index (χ0) is 19.3. The molecule has 0 aliphatic rings. The van der Waals surface area contributed by atoms with E-state index in [0.717, 1.165) is 17.7 Å². The first-order valence-electron chi connectivity index (χ1n) is 8.05. The molecule has 0 aromatic heterocycles. The molecule has 26 heavy (non-hydrogen) atoms. The molecule has 0 fully saturated rings. The molecular weight excluding hydrogens is 365 g/mol. The van der Waals surface area contributed by atoms with Crippen LogP contribution >= 0.6 is 11.6 Å². The Bertz CT molecular complexity index is 747. The molecule has 0 saturated heterocycles. The Kier molecular flexibility index (Phi) is 6.67. The largest absolute Gasteiger partial charge is 0.416 e. The fourth-order valence-electron chi connectivity index (χ4n) is 2.60. The van der Waals surface area contributed by atoms with Crippen LogP contribution in [0.1, 0.15) is 29.7 Å². The highest BCUT2D eigenvalue weighted by Gasteiger charge is 2.29. The number of carbonyl (C=O) groups excluding carboxylic acids is 1. The Morgan fingerprint density at radius 1 is 1.15 bits per heavy atom. The van der Waals surface area contributed by atoms with Gasteiger partial charge < -0.3 is 5.32 Å². The third-order valence-electron chi connectivity index (χ3n) is 3.90. The summed E-state index contributed by atoms with van der Waals surface area (Å²) in [6.07, 6.45) is -4.35. The number of alkyl halides is 3. The number of hydrogen-bond donors (Lipinski definition) is 1. The lowest BCUT2D eigenvalue weighted by Crippen LogP contribution is -2.36. The summed E-state index contributed by atoms with van der Waals surface area (Å²) in [4.78, 5) is 13.9. The minimum atomic E-state index is -4.35. The molecule has 3 nitrogen and oxygen atoms in total. The van der Waals surface area contributed by atoms with Gasteiger partial charge in [-0.3, -0.25) is 9.69 Å². The second-order valence-electron chi connectivity index (χ2n) is 6.18. The van der Waals surface area contributed by atoms with Crippen LogP contribution in [0.2, 0.25) is 5.02 Å². The van der Waals surface area contributed by atoms with Crippen LogP contribution in [0.25, 0.3) is 0 Å². The number of halogens is 4. The highest BCUT2D eigenvalue weighted by molar-refractivity contribution is 6.31. The topological polar surface area (TPSA) is 32.3 Å².